The predicted molar refractivity (Wildman–Crippen MR) is 117 cm³/mol. The molecule has 2 amide bonds. The Bertz CT molecular complexity index is 1040. The van der Waals surface area contributed by atoms with E-state index in [9.17, 15) is 14.0 Å². The molecular formula is C24H27FN4O2. The lowest BCUT2D eigenvalue weighted by Gasteiger charge is -2.28. The largest absolute Gasteiger partial charge is 0.353 e. The molecule has 0 saturated heterocycles. The van der Waals surface area contributed by atoms with Gasteiger partial charge in [0.1, 0.15) is 5.82 Å². The number of nitrogens with zero attached hydrogens (tertiary/aromatic N) is 1. The van der Waals surface area contributed by atoms with Crippen molar-refractivity contribution in [1.82, 2.24) is 20.6 Å². The average Bonchev–Trinajstić information content (AvgIpc) is 3.25. The van der Waals surface area contributed by atoms with Crippen LogP contribution in [-0.4, -0.2) is 27.8 Å². The lowest BCUT2D eigenvalue weighted by Crippen LogP contribution is -2.40. The van der Waals surface area contributed by atoms with E-state index in [1.165, 1.54) is 12.1 Å². The molecule has 2 aromatic carbocycles. The molecule has 1 aliphatic carbocycles. The number of hydrogen-bond donors (Lipinski definition) is 3. The molecule has 31 heavy (non-hydrogen) atoms. The summed E-state index contributed by atoms with van der Waals surface area (Å²) >= 11 is 0. The number of carbonyl (C=O) groups excluding carboxylic acids is 2. The van der Waals surface area contributed by atoms with E-state index in [0.29, 0.717) is 19.4 Å². The molecule has 1 saturated carbocycles. The third kappa shape index (κ3) is 5.69. The topological polar surface area (TPSA) is 86.9 Å². The van der Waals surface area contributed by atoms with Crippen molar-refractivity contribution in [1.29, 1.82) is 0 Å². The number of benzene rings is 2. The molecule has 0 aliphatic heterocycles. The van der Waals surface area contributed by atoms with E-state index in [1.54, 1.807) is 18.5 Å². The maximum atomic E-state index is 13.0. The van der Waals surface area contributed by atoms with Gasteiger partial charge >= 0.3 is 0 Å². The lowest BCUT2D eigenvalue weighted by atomic mass is 9.85. The summed E-state index contributed by atoms with van der Waals surface area (Å²) in [5.74, 6) is -0.201. The Kier molecular flexibility index (Phi) is 6.60. The fourth-order valence-corrected chi connectivity index (χ4v) is 4.13. The van der Waals surface area contributed by atoms with Crippen LogP contribution in [0.15, 0.2) is 48.8 Å². The van der Waals surface area contributed by atoms with Crippen LogP contribution in [0.5, 0.6) is 0 Å². The third-order valence-electron chi connectivity index (χ3n) is 5.97. The van der Waals surface area contributed by atoms with Crippen molar-refractivity contribution in [3.63, 3.8) is 0 Å². The number of aryl methyl sites for hydroxylation is 1. The molecule has 162 valence electrons. The van der Waals surface area contributed by atoms with Crippen LogP contribution in [0.4, 0.5) is 4.39 Å². The summed E-state index contributed by atoms with van der Waals surface area (Å²) in [6, 6.07) is 12.3. The van der Waals surface area contributed by atoms with Crippen LogP contribution in [0.25, 0.3) is 11.0 Å². The Labute approximate surface area is 180 Å². The Morgan fingerprint density at radius 2 is 1.77 bits per heavy atom. The Morgan fingerprint density at radius 3 is 2.55 bits per heavy atom. The van der Waals surface area contributed by atoms with Crippen LogP contribution in [0.1, 0.15) is 43.2 Å². The van der Waals surface area contributed by atoms with Crippen molar-refractivity contribution < 1.29 is 14.0 Å². The van der Waals surface area contributed by atoms with E-state index in [4.69, 9.17) is 0 Å². The second-order valence-electron chi connectivity index (χ2n) is 8.21. The van der Waals surface area contributed by atoms with Crippen LogP contribution < -0.4 is 10.6 Å². The van der Waals surface area contributed by atoms with E-state index in [2.05, 4.69) is 20.6 Å². The first-order valence-electron chi connectivity index (χ1n) is 10.8. The number of amides is 2. The Morgan fingerprint density at radius 1 is 1.03 bits per heavy atom. The van der Waals surface area contributed by atoms with Crippen molar-refractivity contribution >= 4 is 22.8 Å². The number of hydrogen-bond acceptors (Lipinski definition) is 3. The monoisotopic (exact) mass is 422 g/mol. The number of aromatic nitrogens is 2. The summed E-state index contributed by atoms with van der Waals surface area (Å²) in [5, 5.41) is 6.11. The Balaban J connectivity index is 1.16. The molecule has 4 rings (SSSR count). The van der Waals surface area contributed by atoms with Crippen molar-refractivity contribution in [3.8, 4) is 0 Å². The summed E-state index contributed by atoms with van der Waals surface area (Å²) in [5.41, 5.74) is 3.85. The fraction of sp³-hybridized carbons (Fsp3) is 0.375. The van der Waals surface area contributed by atoms with Crippen molar-refractivity contribution in [2.24, 2.45) is 5.92 Å². The Hall–Kier alpha value is -3.22. The van der Waals surface area contributed by atoms with E-state index in [1.807, 2.05) is 18.2 Å². The van der Waals surface area contributed by atoms with Gasteiger partial charge in [0.2, 0.25) is 11.8 Å². The zero-order valence-electron chi connectivity index (χ0n) is 17.4. The number of aromatic amines is 1. The summed E-state index contributed by atoms with van der Waals surface area (Å²) < 4.78 is 13.0. The van der Waals surface area contributed by atoms with E-state index in [-0.39, 0.29) is 29.6 Å². The van der Waals surface area contributed by atoms with E-state index < -0.39 is 0 Å². The van der Waals surface area contributed by atoms with Gasteiger partial charge in [-0.1, -0.05) is 18.2 Å². The molecule has 1 heterocycles. The fourth-order valence-electron chi connectivity index (χ4n) is 4.13. The molecule has 0 unspecified atom stereocenters. The molecular weight excluding hydrogens is 395 g/mol. The summed E-state index contributed by atoms with van der Waals surface area (Å²) in [4.78, 5) is 32.1. The van der Waals surface area contributed by atoms with E-state index in [0.717, 1.165) is 47.8 Å². The summed E-state index contributed by atoms with van der Waals surface area (Å²) in [6.07, 6.45) is 5.79. The normalized spacial score (nSPS) is 18.6. The minimum atomic E-state index is -0.270. The second kappa shape index (κ2) is 9.73. The van der Waals surface area contributed by atoms with Gasteiger partial charge in [-0.2, -0.15) is 0 Å². The highest BCUT2D eigenvalue weighted by molar-refractivity contribution is 5.79. The standard InChI is InChI=1S/C24H27FN4O2/c25-19-7-1-16(2-8-19)4-12-23(30)29-20-9-5-18(6-10-20)24(31)26-14-17-3-11-21-22(13-17)28-15-27-21/h1-3,7-8,11,13,15,18,20H,4-6,9-10,12,14H2,(H,26,31)(H,27,28)(H,29,30). The first-order valence-corrected chi connectivity index (χ1v) is 10.8. The molecule has 6 nitrogen and oxygen atoms in total. The van der Waals surface area contributed by atoms with Gasteiger partial charge in [0, 0.05) is 24.9 Å². The minimum absolute atomic E-state index is 0.00595. The van der Waals surface area contributed by atoms with Crippen LogP contribution in [0.3, 0.4) is 0 Å². The number of halogens is 1. The molecule has 1 fully saturated rings. The predicted octanol–water partition coefficient (Wildman–Crippen LogP) is 3.63. The molecule has 0 atom stereocenters. The van der Waals surface area contributed by atoms with Crippen LogP contribution in [-0.2, 0) is 22.6 Å². The highest BCUT2D eigenvalue weighted by Gasteiger charge is 2.26. The first kappa shape index (κ1) is 21.0. The minimum Gasteiger partial charge on any atom is -0.353 e. The summed E-state index contributed by atoms with van der Waals surface area (Å²) in [6.45, 7) is 0.494. The quantitative estimate of drug-likeness (QED) is 0.543. The maximum absolute atomic E-state index is 13.0. The van der Waals surface area contributed by atoms with Gasteiger partial charge in [-0.25, -0.2) is 9.37 Å². The van der Waals surface area contributed by atoms with Gasteiger partial charge in [-0.05, 0) is 67.5 Å². The zero-order valence-corrected chi connectivity index (χ0v) is 17.4. The van der Waals surface area contributed by atoms with Crippen LogP contribution in [0, 0.1) is 11.7 Å². The van der Waals surface area contributed by atoms with Gasteiger partial charge in [0.15, 0.2) is 0 Å². The van der Waals surface area contributed by atoms with Gasteiger partial charge in [0.25, 0.3) is 0 Å². The van der Waals surface area contributed by atoms with Crippen molar-refractivity contribution in [3.05, 3.63) is 65.7 Å². The highest BCUT2D eigenvalue weighted by Crippen LogP contribution is 2.25. The highest BCUT2D eigenvalue weighted by atomic mass is 19.1. The number of imidazole rings is 1. The SMILES string of the molecule is O=C(CCc1ccc(F)cc1)NC1CCC(C(=O)NCc2ccc3nc[nH]c3c2)CC1. The van der Waals surface area contributed by atoms with Crippen molar-refractivity contribution in [2.75, 3.05) is 0 Å². The number of H-pyrrole nitrogens is 1. The smallest absolute Gasteiger partial charge is 0.223 e. The molecule has 0 bridgehead atoms. The number of carbonyl (C=O) groups is 2. The second-order valence-corrected chi connectivity index (χ2v) is 8.21. The van der Waals surface area contributed by atoms with Crippen LogP contribution >= 0.6 is 0 Å². The first-order chi connectivity index (χ1) is 15.1. The van der Waals surface area contributed by atoms with Gasteiger partial charge in [0.05, 0.1) is 17.4 Å². The molecule has 7 heteroatoms. The third-order valence-corrected chi connectivity index (χ3v) is 5.97. The molecule has 3 N–H and O–H groups in total. The average molecular weight is 423 g/mol. The summed E-state index contributed by atoms with van der Waals surface area (Å²) in [7, 11) is 0. The zero-order chi connectivity index (χ0) is 21.6. The molecule has 1 aliphatic rings. The number of rotatable bonds is 7. The van der Waals surface area contributed by atoms with Gasteiger partial charge < -0.3 is 15.6 Å². The number of nitrogens with one attached hydrogen (secondary N) is 3. The van der Waals surface area contributed by atoms with Gasteiger partial charge in [-0.3, -0.25) is 9.59 Å². The molecule has 0 spiro atoms. The number of fused-ring (bicyclic) bond motifs is 1. The van der Waals surface area contributed by atoms with E-state index >= 15 is 0 Å². The molecule has 1 aromatic heterocycles. The molecule has 3 aromatic rings. The van der Waals surface area contributed by atoms with Gasteiger partial charge in [-0.15, -0.1) is 0 Å². The maximum Gasteiger partial charge on any atom is 0.223 e. The van der Waals surface area contributed by atoms with Crippen molar-refractivity contribution in [2.45, 2.75) is 51.1 Å². The van der Waals surface area contributed by atoms with Crippen LogP contribution in [0.2, 0.25) is 0 Å². The lowest BCUT2D eigenvalue weighted by molar-refractivity contribution is -0.126. The molecule has 0 radical (unpaired) electrons.